The average molecular weight is 1110 g/mol. The molecular formula is C58H84N2O19. The predicted octanol–water partition coefficient (Wildman–Crippen LogP) is 2.13. The van der Waals surface area contributed by atoms with E-state index in [0.717, 1.165) is 0 Å². The molecule has 0 aliphatic carbocycles. The number of carboxylic acids is 1. The van der Waals surface area contributed by atoms with E-state index in [1.807, 2.05) is 19.9 Å². The van der Waals surface area contributed by atoms with E-state index in [-0.39, 0.29) is 30.5 Å². The summed E-state index contributed by atoms with van der Waals surface area (Å²) in [5, 5.41) is 117. The summed E-state index contributed by atoms with van der Waals surface area (Å²) in [6.07, 6.45) is 0.194. The second-order valence-electron chi connectivity index (χ2n) is 20.7. The highest BCUT2D eigenvalue weighted by Crippen LogP contribution is 2.28. The number of benzene rings is 1. The molecule has 0 amide bonds. The van der Waals surface area contributed by atoms with Crippen LogP contribution in [0, 0.1) is 17.8 Å². The van der Waals surface area contributed by atoms with Crippen LogP contribution in [0.5, 0.6) is 0 Å². The Morgan fingerprint density at radius 2 is 1.13 bits per heavy atom. The van der Waals surface area contributed by atoms with Crippen LogP contribution in [0.2, 0.25) is 0 Å². The lowest BCUT2D eigenvalue weighted by atomic mass is 9.88. The van der Waals surface area contributed by atoms with Gasteiger partial charge in [-0.2, -0.15) is 0 Å². The maximum atomic E-state index is 13.3. The summed E-state index contributed by atoms with van der Waals surface area (Å²) in [6, 6.07) is 5.18. The van der Waals surface area contributed by atoms with Gasteiger partial charge in [-0.3, -0.25) is 24.0 Å². The minimum Gasteiger partial charge on any atom is -0.481 e. The van der Waals surface area contributed by atoms with Gasteiger partial charge >= 0.3 is 11.9 Å². The van der Waals surface area contributed by atoms with Crippen molar-refractivity contribution in [2.45, 2.75) is 190 Å². The van der Waals surface area contributed by atoms with E-state index in [1.54, 1.807) is 91.1 Å². The first-order valence-electron chi connectivity index (χ1n) is 26.7. The van der Waals surface area contributed by atoms with Crippen molar-refractivity contribution < 1.29 is 94.4 Å². The Kier molecular flexibility index (Phi) is 30.4. The van der Waals surface area contributed by atoms with Gasteiger partial charge in [0, 0.05) is 55.7 Å². The van der Waals surface area contributed by atoms with Crippen molar-refractivity contribution in [2.24, 2.45) is 23.5 Å². The number of carboxylic acid groups (broad SMARTS) is 1. The van der Waals surface area contributed by atoms with E-state index in [4.69, 9.17) is 25.7 Å². The highest BCUT2D eigenvalue weighted by molar-refractivity contribution is 5.96. The summed E-state index contributed by atoms with van der Waals surface area (Å²) < 4.78 is 17.4. The molecule has 0 radical (unpaired) electrons. The molecule has 21 heteroatoms. The predicted molar refractivity (Wildman–Crippen MR) is 291 cm³/mol. The third kappa shape index (κ3) is 25.7. The molecule has 2 aliphatic heterocycles. The number of carbonyl (C=O) groups is 5. The van der Waals surface area contributed by atoms with Crippen LogP contribution in [-0.2, 0) is 33.4 Å². The number of hydrogen-bond acceptors (Lipinski definition) is 20. The molecule has 1 aromatic carbocycles. The number of rotatable bonds is 10. The fourth-order valence-corrected chi connectivity index (χ4v) is 9.23. The summed E-state index contributed by atoms with van der Waals surface area (Å²) in [5.74, 6) is -6.88. The lowest BCUT2D eigenvalue weighted by Crippen LogP contribution is -2.61. The van der Waals surface area contributed by atoms with Crippen molar-refractivity contribution >= 4 is 35.0 Å². The van der Waals surface area contributed by atoms with Crippen LogP contribution in [0.4, 0.5) is 5.69 Å². The zero-order valence-electron chi connectivity index (χ0n) is 45.1. The van der Waals surface area contributed by atoms with E-state index in [2.05, 4.69) is 0 Å². The Labute approximate surface area is 461 Å². The quantitative estimate of drug-likeness (QED) is 0.0906. The van der Waals surface area contributed by atoms with Crippen molar-refractivity contribution in [3.63, 3.8) is 0 Å². The van der Waals surface area contributed by atoms with Gasteiger partial charge in [0.2, 0.25) is 0 Å². The zero-order valence-corrected chi connectivity index (χ0v) is 45.1. The van der Waals surface area contributed by atoms with Crippen LogP contribution in [0.1, 0.15) is 108 Å². The smallest absolute Gasteiger partial charge is 0.311 e. The molecular weight excluding hydrogens is 1030 g/mol. The number of hydrogen-bond donors (Lipinski definition) is 13. The molecule has 0 spiro atoms. The molecule has 0 aromatic heterocycles. The number of nitrogen functional groups attached to an aromatic ring is 1. The number of Topliss-reactive ketones (excluding diaryl/α,β-unsaturated/α-hetero) is 3. The normalized spacial score (nSPS) is 36.2. The van der Waals surface area contributed by atoms with Crippen LogP contribution in [-0.4, -0.2) is 177 Å². The highest BCUT2D eigenvalue weighted by Gasteiger charge is 2.43. The number of aliphatic hydroxyl groups excluding tert-OH is 10. The van der Waals surface area contributed by atoms with Crippen molar-refractivity contribution in [1.29, 1.82) is 0 Å². The number of aliphatic hydroxyl groups is 10. The number of nitrogens with two attached hydrogens (primary N) is 2. The second-order valence-corrected chi connectivity index (χ2v) is 20.7. The van der Waals surface area contributed by atoms with Crippen LogP contribution in [0.25, 0.3) is 0 Å². The number of ketones is 3. The maximum Gasteiger partial charge on any atom is 0.311 e. The summed E-state index contributed by atoms with van der Waals surface area (Å²) in [4.78, 5) is 64.3. The molecule has 2 heterocycles. The topological polar surface area (TPSA) is 388 Å². The van der Waals surface area contributed by atoms with Gasteiger partial charge in [0.15, 0.2) is 12.1 Å². The Morgan fingerprint density at radius 3 is 1.67 bits per heavy atom. The Bertz CT molecular complexity index is 2260. The number of aliphatic carboxylic acids is 1. The number of anilines is 1. The molecule has 0 saturated carbocycles. The molecule has 79 heavy (non-hydrogen) atoms. The van der Waals surface area contributed by atoms with Gasteiger partial charge in [-0.1, -0.05) is 98.9 Å². The van der Waals surface area contributed by atoms with E-state index in [1.165, 1.54) is 19.1 Å². The van der Waals surface area contributed by atoms with Crippen LogP contribution < -0.4 is 11.5 Å². The Balaban J connectivity index is 1.83. The lowest BCUT2D eigenvalue weighted by Gasteiger charge is -2.41. The number of carbonyl (C=O) groups excluding carboxylic acids is 4. The first kappa shape index (κ1) is 67.9. The molecule has 1 aromatic rings. The average Bonchev–Trinajstić information content (AvgIpc) is 3.35. The van der Waals surface area contributed by atoms with E-state index < -0.39 is 179 Å². The van der Waals surface area contributed by atoms with E-state index >= 15 is 0 Å². The Hall–Kier alpha value is -5.37. The van der Waals surface area contributed by atoms with Gasteiger partial charge in [0.1, 0.15) is 29.7 Å². The molecule has 2 aliphatic rings. The summed E-state index contributed by atoms with van der Waals surface area (Å²) >= 11 is 0. The number of cyclic esters (lactones) is 1. The van der Waals surface area contributed by atoms with Crippen LogP contribution in [0.15, 0.2) is 109 Å². The largest absolute Gasteiger partial charge is 0.481 e. The van der Waals surface area contributed by atoms with Gasteiger partial charge in [-0.05, 0) is 69.2 Å². The summed E-state index contributed by atoms with van der Waals surface area (Å²) in [6.45, 7) is 5.16. The molecule has 13 unspecified atom stereocenters. The molecule has 18 atom stereocenters. The zero-order chi connectivity index (χ0) is 58.8. The maximum absolute atomic E-state index is 13.3. The van der Waals surface area contributed by atoms with Gasteiger partial charge < -0.3 is 81.8 Å². The second kappa shape index (κ2) is 35.4. The third-order valence-electron chi connectivity index (χ3n) is 13.6. The molecule has 440 valence electrons. The SMILES string of the molecule is CC1/C=C/C=C/C=C/C=C/C=C/C=C/C=C\C(O[C@@H]2O[C@H](C)[C@@H](O)[C@H](N)[C@@H]2O)CC(O)C(C(=O)O)C(O)CC(=O)CC(O)CC(O)CC(O)CC(O)CC(=O)CC(O)CC(=O)OC1C(C)CCC(O)CC(=O)c1ccc(N)cc1. The molecule has 1 saturated heterocycles. The van der Waals surface area contributed by atoms with E-state index in [9.17, 15) is 80.1 Å². The summed E-state index contributed by atoms with van der Waals surface area (Å²) in [7, 11) is 0. The third-order valence-corrected chi connectivity index (χ3v) is 13.6. The first-order valence-corrected chi connectivity index (χ1v) is 26.7. The first-order chi connectivity index (χ1) is 37.3. The fourth-order valence-electron chi connectivity index (χ4n) is 9.23. The molecule has 3 rings (SSSR count). The van der Waals surface area contributed by atoms with Gasteiger partial charge in [0.25, 0.3) is 0 Å². The van der Waals surface area contributed by atoms with Crippen molar-refractivity contribution in [3.8, 4) is 0 Å². The minimum absolute atomic E-state index is 0.135. The highest BCUT2D eigenvalue weighted by atomic mass is 16.7. The molecule has 1 fully saturated rings. The molecule has 21 nitrogen and oxygen atoms in total. The van der Waals surface area contributed by atoms with Crippen LogP contribution >= 0.6 is 0 Å². The fraction of sp³-hybridized carbons (Fsp3) is 0.569. The lowest BCUT2D eigenvalue weighted by molar-refractivity contribution is -0.277. The number of allylic oxidation sites excluding steroid dienone is 12. The number of ether oxygens (including phenoxy) is 3. The minimum atomic E-state index is -1.97. The summed E-state index contributed by atoms with van der Waals surface area (Å²) in [5.41, 5.74) is 12.6. The molecule has 15 N–H and O–H groups in total. The van der Waals surface area contributed by atoms with Crippen molar-refractivity contribution in [3.05, 3.63) is 115 Å². The Morgan fingerprint density at radius 1 is 0.633 bits per heavy atom. The van der Waals surface area contributed by atoms with E-state index in [0.29, 0.717) is 17.7 Å². The number of esters is 1. The van der Waals surface area contributed by atoms with Crippen LogP contribution in [0.3, 0.4) is 0 Å². The van der Waals surface area contributed by atoms with Gasteiger partial charge in [-0.25, -0.2) is 0 Å². The van der Waals surface area contributed by atoms with Gasteiger partial charge in [-0.15, -0.1) is 0 Å². The van der Waals surface area contributed by atoms with Crippen molar-refractivity contribution in [2.75, 3.05) is 5.73 Å². The molecule has 0 bridgehead atoms. The standard InChI is InChI=1S/C58H84N2O19/c1-34-16-14-12-10-8-6-4-5-7-9-11-13-15-17-47(78-58-55(74)53(60)54(73)36(3)77-58)33-50(71)52(57(75)76)49(70)31-45(67)28-43(65)26-41(63)24-40(62)25-42(64)27-44(66)29-46(68)32-51(72)79-56(34)35(2)18-23-39(61)30-48(69)37-19-21-38(59)22-20-37/h4-17,19-22,34-36,39-43,46-47,49-50,52-56,58,61-65,68,70-71,73-74H,18,23-33,59-60H2,1-3H3,(H,75,76)/b5-4+,8-6+,9-7+,12-10+,13-11+,16-14+,17-15-/t34?,35?,36-,39?,40?,41?,42?,43?,46?,47?,49?,50?,52?,53+,54-,55+,56?,58+/m1/s1. The van der Waals surface area contributed by atoms with Gasteiger partial charge in [0.05, 0.1) is 79.6 Å². The monoisotopic (exact) mass is 1110 g/mol. The van der Waals surface area contributed by atoms with Crippen molar-refractivity contribution in [1.82, 2.24) is 0 Å².